The zero-order valence-electron chi connectivity index (χ0n) is 11.0. The number of carbonyl (C=O) groups is 1. The van der Waals surface area contributed by atoms with Gasteiger partial charge in [-0.15, -0.1) is 0 Å². The van der Waals surface area contributed by atoms with Crippen molar-refractivity contribution in [2.24, 2.45) is 0 Å². The van der Waals surface area contributed by atoms with Crippen molar-refractivity contribution >= 4 is 45.8 Å². The van der Waals surface area contributed by atoms with Crippen LogP contribution in [0.2, 0.25) is 5.15 Å². The summed E-state index contributed by atoms with van der Waals surface area (Å²) in [6, 6.07) is -0.0910. The van der Waals surface area contributed by atoms with E-state index < -0.39 is 11.7 Å². The molecular weight excluding hydrogens is 411 g/mol. The van der Waals surface area contributed by atoms with Crippen LogP contribution >= 0.6 is 34.2 Å². The summed E-state index contributed by atoms with van der Waals surface area (Å²) < 4.78 is 8.53. The Morgan fingerprint density at radius 2 is 2.38 bits per heavy atom. The molecular formula is C12H12ClIN4O3. The molecule has 0 spiro atoms. The van der Waals surface area contributed by atoms with Crippen LogP contribution in [0, 0.1) is 3.57 Å². The minimum absolute atomic E-state index is 0.0910. The molecule has 2 aromatic rings. The monoisotopic (exact) mass is 422 g/mol. The van der Waals surface area contributed by atoms with E-state index in [1.165, 1.54) is 0 Å². The minimum Gasteiger partial charge on any atom is -0.470 e. The summed E-state index contributed by atoms with van der Waals surface area (Å²) >= 11 is 8.13. The molecule has 21 heavy (non-hydrogen) atoms. The third kappa shape index (κ3) is 2.86. The topological polar surface area (TPSA) is 88.8 Å². The quantitative estimate of drug-likeness (QED) is 0.742. The SMILES string of the molecule is CC1(Oc2nc(Cl)cn3ncc(I)c23)CC(NC(=O)O)C1. The maximum absolute atomic E-state index is 10.6. The molecule has 1 fully saturated rings. The lowest BCUT2D eigenvalue weighted by atomic mass is 9.77. The number of nitrogens with zero attached hydrogens (tertiary/aromatic N) is 3. The molecule has 2 heterocycles. The molecule has 0 saturated heterocycles. The predicted octanol–water partition coefficient (Wildman–Crippen LogP) is 2.55. The number of halogens is 2. The van der Waals surface area contributed by atoms with Crippen molar-refractivity contribution in [2.75, 3.05) is 0 Å². The van der Waals surface area contributed by atoms with Gasteiger partial charge < -0.3 is 15.2 Å². The van der Waals surface area contributed by atoms with Gasteiger partial charge in [0.2, 0.25) is 5.88 Å². The first kappa shape index (κ1) is 14.6. The lowest BCUT2D eigenvalue weighted by Crippen LogP contribution is -2.56. The third-order valence-corrected chi connectivity index (χ3v) is 4.39. The Bertz CT molecular complexity index is 714. The first-order valence-corrected chi connectivity index (χ1v) is 7.70. The molecule has 1 aliphatic rings. The van der Waals surface area contributed by atoms with Crippen LogP contribution in [0.4, 0.5) is 4.79 Å². The number of ether oxygens (including phenoxy) is 1. The van der Waals surface area contributed by atoms with Crippen LogP contribution in [-0.2, 0) is 0 Å². The van der Waals surface area contributed by atoms with Gasteiger partial charge in [0.15, 0.2) is 5.15 Å². The summed E-state index contributed by atoms with van der Waals surface area (Å²) in [7, 11) is 0. The maximum atomic E-state index is 10.6. The molecule has 0 unspecified atom stereocenters. The zero-order chi connectivity index (χ0) is 15.2. The summed E-state index contributed by atoms with van der Waals surface area (Å²) in [4.78, 5) is 14.8. The molecule has 0 aliphatic heterocycles. The van der Waals surface area contributed by atoms with Gasteiger partial charge in [-0.3, -0.25) is 0 Å². The van der Waals surface area contributed by atoms with E-state index in [1.54, 1.807) is 16.9 Å². The number of rotatable bonds is 3. The van der Waals surface area contributed by atoms with E-state index in [0.29, 0.717) is 23.9 Å². The molecule has 1 amide bonds. The summed E-state index contributed by atoms with van der Waals surface area (Å²) in [5, 5.41) is 15.6. The number of aromatic nitrogens is 3. The molecule has 0 aromatic carbocycles. The van der Waals surface area contributed by atoms with E-state index >= 15 is 0 Å². The Hall–Kier alpha value is -1.29. The van der Waals surface area contributed by atoms with Gasteiger partial charge in [-0.05, 0) is 29.5 Å². The minimum atomic E-state index is -1.02. The molecule has 112 valence electrons. The van der Waals surface area contributed by atoms with Crippen molar-refractivity contribution < 1.29 is 14.6 Å². The van der Waals surface area contributed by atoms with E-state index in [1.807, 2.05) is 6.92 Å². The van der Waals surface area contributed by atoms with Gasteiger partial charge in [0, 0.05) is 18.9 Å². The van der Waals surface area contributed by atoms with Crippen molar-refractivity contribution in [3.63, 3.8) is 0 Å². The van der Waals surface area contributed by atoms with Crippen molar-refractivity contribution in [1.29, 1.82) is 0 Å². The smallest absolute Gasteiger partial charge is 0.404 e. The Kier molecular flexibility index (Phi) is 3.60. The van der Waals surface area contributed by atoms with Crippen LogP contribution in [0.25, 0.3) is 5.52 Å². The molecule has 0 radical (unpaired) electrons. The Morgan fingerprint density at radius 3 is 3.05 bits per heavy atom. The second kappa shape index (κ2) is 5.16. The normalized spacial score (nSPS) is 24.6. The predicted molar refractivity (Wildman–Crippen MR) is 83.9 cm³/mol. The van der Waals surface area contributed by atoms with E-state index in [-0.39, 0.29) is 6.04 Å². The highest BCUT2D eigenvalue weighted by molar-refractivity contribution is 14.1. The van der Waals surface area contributed by atoms with Crippen molar-refractivity contribution in [1.82, 2.24) is 19.9 Å². The number of hydrogen-bond donors (Lipinski definition) is 2. The number of hydrogen-bond acceptors (Lipinski definition) is 4. The second-order valence-electron chi connectivity index (χ2n) is 5.26. The van der Waals surface area contributed by atoms with Crippen LogP contribution in [0.15, 0.2) is 12.4 Å². The van der Waals surface area contributed by atoms with Gasteiger partial charge in [0.05, 0.1) is 16.0 Å². The van der Waals surface area contributed by atoms with Gasteiger partial charge in [0.25, 0.3) is 0 Å². The summed E-state index contributed by atoms with van der Waals surface area (Å²) in [5.41, 5.74) is 0.300. The summed E-state index contributed by atoms with van der Waals surface area (Å²) in [6.07, 6.45) is 3.48. The van der Waals surface area contributed by atoms with Gasteiger partial charge in [-0.2, -0.15) is 10.1 Å². The second-order valence-corrected chi connectivity index (χ2v) is 6.81. The molecule has 1 saturated carbocycles. The Morgan fingerprint density at radius 1 is 1.67 bits per heavy atom. The molecule has 0 bridgehead atoms. The molecule has 7 nitrogen and oxygen atoms in total. The molecule has 1 aliphatic carbocycles. The van der Waals surface area contributed by atoms with E-state index in [2.05, 4.69) is 38.0 Å². The third-order valence-electron chi connectivity index (χ3n) is 3.42. The number of nitrogens with one attached hydrogen (secondary N) is 1. The van der Waals surface area contributed by atoms with Crippen molar-refractivity contribution in [3.05, 3.63) is 21.1 Å². The average Bonchev–Trinajstić information content (AvgIpc) is 2.68. The van der Waals surface area contributed by atoms with E-state index in [4.69, 9.17) is 21.4 Å². The number of fused-ring (bicyclic) bond motifs is 1. The molecule has 9 heteroatoms. The molecule has 2 N–H and O–H groups in total. The van der Waals surface area contributed by atoms with Gasteiger partial charge in [-0.25, -0.2) is 9.31 Å². The fraction of sp³-hybridized carbons (Fsp3) is 0.417. The van der Waals surface area contributed by atoms with Crippen LogP contribution < -0.4 is 10.1 Å². The van der Waals surface area contributed by atoms with Crippen molar-refractivity contribution in [3.8, 4) is 5.88 Å². The standard InChI is InChI=1S/C12H12ClIN4O3/c1-12(2-6(3-12)16-11(19)20)21-10-9-7(14)4-15-18(9)5-8(13)17-10/h4-6,16H,2-3H2,1H3,(H,19,20). The highest BCUT2D eigenvalue weighted by Gasteiger charge is 2.44. The van der Waals surface area contributed by atoms with Crippen LogP contribution in [-0.4, -0.2) is 37.4 Å². The lowest BCUT2D eigenvalue weighted by Gasteiger charge is -2.44. The fourth-order valence-electron chi connectivity index (χ4n) is 2.57. The maximum Gasteiger partial charge on any atom is 0.404 e. The number of amides is 1. The fourth-order valence-corrected chi connectivity index (χ4v) is 3.34. The van der Waals surface area contributed by atoms with Gasteiger partial charge >= 0.3 is 6.09 Å². The summed E-state index contributed by atoms with van der Waals surface area (Å²) in [5.74, 6) is 0.417. The Balaban J connectivity index is 1.83. The highest BCUT2D eigenvalue weighted by Crippen LogP contribution is 2.38. The Labute approximate surface area is 138 Å². The van der Waals surface area contributed by atoms with Gasteiger partial charge in [0.1, 0.15) is 11.1 Å². The summed E-state index contributed by atoms with van der Waals surface area (Å²) in [6.45, 7) is 1.93. The first-order chi connectivity index (χ1) is 9.86. The number of carboxylic acid groups (broad SMARTS) is 1. The van der Waals surface area contributed by atoms with Crippen molar-refractivity contribution in [2.45, 2.75) is 31.4 Å². The highest BCUT2D eigenvalue weighted by atomic mass is 127. The average molecular weight is 423 g/mol. The molecule has 0 atom stereocenters. The largest absolute Gasteiger partial charge is 0.470 e. The van der Waals surface area contributed by atoms with Crippen LogP contribution in [0.3, 0.4) is 0 Å². The molecule has 3 rings (SSSR count). The van der Waals surface area contributed by atoms with Crippen LogP contribution in [0.5, 0.6) is 5.88 Å². The lowest BCUT2D eigenvalue weighted by molar-refractivity contribution is -0.0157. The zero-order valence-corrected chi connectivity index (χ0v) is 13.9. The molecule has 2 aromatic heterocycles. The van der Waals surface area contributed by atoms with Gasteiger partial charge in [-0.1, -0.05) is 11.6 Å². The van der Waals surface area contributed by atoms with E-state index in [0.717, 1.165) is 9.09 Å². The first-order valence-electron chi connectivity index (χ1n) is 6.24. The van der Waals surface area contributed by atoms with E-state index in [9.17, 15) is 4.79 Å². The van der Waals surface area contributed by atoms with Crippen LogP contribution in [0.1, 0.15) is 19.8 Å².